The first-order valence-corrected chi connectivity index (χ1v) is 4.28. The second-order valence-electron chi connectivity index (χ2n) is 2.20. The summed E-state index contributed by atoms with van der Waals surface area (Å²) in [5.74, 6) is 0.149. The lowest BCUT2D eigenvalue weighted by atomic mass is 10.4. The normalized spacial score (nSPS) is 19.3. The second-order valence-corrected chi connectivity index (χ2v) is 2.77. The van der Waals surface area contributed by atoms with E-state index in [1.807, 2.05) is 20.9 Å². The Balaban J connectivity index is 0.000000461. The first kappa shape index (κ1) is 10.8. The van der Waals surface area contributed by atoms with Gasteiger partial charge in [0.25, 0.3) is 0 Å². The van der Waals surface area contributed by atoms with Crippen molar-refractivity contribution in [3.63, 3.8) is 0 Å². The Morgan fingerprint density at radius 1 is 1.36 bits per heavy atom. The van der Waals surface area contributed by atoms with E-state index in [0.717, 1.165) is 13.1 Å². The van der Waals surface area contributed by atoms with Crippen LogP contribution in [0.1, 0.15) is 13.8 Å². The van der Waals surface area contributed by atoms with Crippen LogP contribution in [0.5, 0.6) is 0 Å². The summed E-state index contributed by atoms with van der Waals surface area (Å²) >= 11 is 4.05. The fourth-order valence-corrected chi connectivity index (χ4v) is 0.956. The average molecular weight is 176 g/mol. The molecule has 1 aliphatic heterocycles. The van der Waals surface area contributed by atoms with Gasteiger partial charge in [-0.05, 0) is 0 Å². The monoisotopic (exact) mass is 176 g/mol. The van der Waals surface area contributed by atoms with E-state index < -0.39 is 0 Å². The molecular weight excluding hydrogens is 160 g/mol. The van der Waals surface area contributed by atoms with Crippen molar-refractivity contribution in [3.05, 3.63) is 0 Å². The molecule has 1 fully saturated rings. The molecule has 0 unspecified atom stereocenters. The summed E-state index contributed by atoms with van der Waals surface area (Å²) in [6, 6.07) is 0. The van der Waals surface area contributed by atoms with Crippen LogP contribution in [-0.4, -0.2) is 41.8 Å². The van der Waals surface area contributed by atoms with Gasteiger partial charge >= 0.3 is 0 Å². The Kier molecular flexibility index (Phi) is 5.32. The molecular formula is C7H16N2OS. The Labute approximate surface area is 73.9 Å². The highest BCUT2D eigenvalue weighted by Gasteiger charge is 2.17. The standard InChI is InChI=1S/C5H10N2OS.C2H6/c1-6-2-3-7(9)4-5(6)8;1-2/h9H,2-4H2,1H3;1-2H3. The molecule has 0 atom stereocenters. The summed E-state index contributed by atoms with van der Waals surface area (Å²) < 4.78 is 1.72. The molecule has 0 saturated carbocycles. The maximum Gasteiger partial charge on any atom is 0.237 e. The molecule has 0 aromatic carbocycles. The van der Waals surface area contributed by atoms with Crippen molar-refractivity contribution in [3.8, 4) is 0 Å². The van der Waals surface area contributed by atoms with E-state index in [2.05, 4.69) is 12.8 Å². The third kappa shape index (κ3) is 3.62. The van der Waals surface area contributed by atoms with Gasteiger partial charge in [-0.2, -0.15) is 0 Å². The Morgan fingerprint density at radius 2 is 1.91 bits per heavy atom. The zero-order valence-corrected chi connectivity index (χ0v) is 8.27. The molecule has 0 aromatic rings. The summed E-state index contributed by atoms with van der Waals surface area (Å²) in [5.41, 5.74) is 0. The lowest BCUT2D eigenvalue weighted by Gasteiger charge is -2.27. The van der Waals surface area contributed by atoms with Crippen LogP contribution in [0.3, 0.4) is 0 Å². The first-order valence-electron chi connectivity index (χ1n) is 3.88. The summed E-state index contributed by atoms with van der Waals surface area (Å²) in [4.78, 5) is 12.6. The molecule has 0 aromatic heterocycles. The van der Waals surface area contributed by atoms with Gasteiger partial charge in [-0.1, -0.05) is 26.7 Å². The van der Waals surface area contributed by atoms with Crippen LogP contribution >= 0.6 is 12.8 Å². The van der Waals surface area contributed by atoms with E-state index in [0.29, 0.717) is 6.54 Å². The number of hydrogen-bond acceptors (Lipinski definition) is 3. The number of hydrogen-bond donors (Lipinski definition) is 1. The van der Waals surface area contributed by atoms with Gasteiger partial charge in [0.2, 0.25) is 5.91 Å². The van der Waals surface area contributed by atoms with Gasteiger partial charge in [0.15, 0.2) is 0 Å². The second kappa shape index (κ2) is 5.43. The molecule has 3 nitrogen and oxygen atoms in total. The smallest absolute Gasteiger partial charge is 0.237 e. The topological polar surface area (TPSA) is 23.6 Å². The minimum Gasteiger partial charge on any atom is -0.343 e. The van der Waals surface area contributed by atoms with E-state index in [1.54, 1.807) is 9.21 Å². The van der Waals surface area contributed by atoms with Crippen molar-refractivity contribution in [2.45, 2.75) is 13.8 Å². The van der Waals surface area contributed by atoms with E-state index >= 15 is 0 Å². The largest absolute Gasteiger partial charge is 0.343 e. The van der Waals surface area contributed by atoms with Crippen LogP contribution in [-0.2, 0) is 4.79 Å². The van der Waals surface area contributed by atoms with E-state index in [9.17, 15) is 4.79 Å². The molecule has 1 rings (SSSR count). The number of carbonyl (C=O) groups is 1. The number of likely N-dealkylation sites (N-methyl/N-ethyl adjacent to an activating group) is 1. The molecule has 0 spiro atoms. The Hall–Kier alpha value is -0.220. The van der Waals surface area contributed by atoms with Crippen molar-refractivity contribution >= 4 is 18.7 Å². The van der Waals surface area contributed by atoms with Crippen LogP contribution in [0.15, 0.2) is 0 Å². The zero-order chi connectivity index (χ0) is 8.85. The zero-order valence-electron chi connectivity index (χ0n) is 7.37. The van der Waals surface area contributed by atoms with Crippen LogP contribution in [0.4, 0.5) is 0 Å². The van der Waals surface area contributed by atoms with Gasteiger partial charge in [-0.15, -0.1) is 0 Å². The molecule has 0 bridgehead atoms. The van der Waals surface area contributed by atoms with Crippen molar-refractivity contribution in [2.24, 2.45) is 0 Å². The molecule has 0 N–H and O–H groups in total. The van der Waals surface area contributed by atoms with E-state index in [1.165, 1.54) is 0 Å². The maximum atomic E-state index is 10.8. The molecule has 1 heterocycles. The fourth-order valence-electron chi connectivity index (χ4n) is 0.746. The maximum absolute atomic E-state index is 10.8. The van der Waals surface area contributed by atoms with Crippen LogP contribution in [0.25, 0.3) is 0 Å². The Morgan fingerprint density at radius 3 is 2.27 bits per heavy atom. The lowest BCUT2D eigenvalue weighted by molar-refractivity contribution is -0.132. The number of carbonyl (C=O) groups excluding carboxylic acids is 1. The van der Waals surface area contributed by atoms with Gasteiger partial charge in [-0.3, -0.25) is 4.79 Å². The molecule has 4 heteroatoms. The van der Waals surface area contributed by atoms with Gasteiger partial charge in [0.05, 0.1) is 6.54 Å². The molecule has 66 valence electrons. The average Bonchev–Trinajstić information content (AvgIpc) is 2.02. The SMILES string of the molecule is CC.CN1CCN(S)CC1=O. The highest BCUT2D eigenvalue weighted by atomic mass is 32.1. The molecule has 1 saturated heterocycles. The van der Waals surface area contributed by atoms with Crippen LogP contribution < -0.4 is 0 Å². The van der Waals surface area contributed by atoms with E-state index in [-0.39, 0.29) is 5.91 Å². The first-order chi connectivity index (χ1) is 5.20. The van der Waals surface area contributed by atoms with Gasteiger partial charge in [0, 0.05) is 20.1 Å². The number of piperazine rings is 1. The third-order valence-corrected chi connectivity index (χ3v) is 1.78. The quantitative estimate of drug-likeness (QED) is 0.547. The number of nitrogens with zero attached hydrogens (tertiary/aromatic N) is 2. The van der Waals surface area contributed by atoms with Gasteiger partial charge in [0.1, 0.15) is 0 Å². The Bertz CT molecular complexity index is 130. The minimum absolute atomic E-state index is 0.149. The minimum atomic E-state index is 0.149. The predicted molar refractivity (Wildman–Crippen MR) is 49.5 cm³/mol. The lowest BCUT2D eigenvalue weighted by Crippen LogP contribution is -2.44. The predicted octanol–water partition coefficient (Wildman–Crippen LogP) is 0.631. The van der Waals surface area contributed by atoms with Crippen molar-refractivity contribution in [1.82, 2.24) is 9.21 Å². The van der Waals surface area contributed by atoms with Crippen molar-refractivity contribution < 1.29 is 4.79 Å². The molecule has 1 amide bonds. The highest BCUT2D eigenvalue weighted by molar-refractivity contribution is 7.77. The summed E-state index contributed by atoms with van der Waals surface area (Å²) in [6.45, 7) is 6.10. The van der Waals surface area contributed by atoms with Gasteiger partial charge < -0.3 is 4.90 Å². The van der Waals surface area contributed by atoms with E-state index in [4.69, 9.17) is 0 Å². The number of rotatable bonds is 0. The number of amides is 1. The number of thiol groups is 1. The summed E-state index contributed by atoms with van der Waals surface area (Å²) in [7, 11) is 1.81. The summed E-state index contributed by atoms with van der Waals surface area (Å²) in [5, 5.41) is 0. The van der Waals surface area contributed by atoms with Crippen LogP contribution in [0, 0.1) is 0 Å². The van der Waals surface area contributed by atoms with Crippen LogP contribution in [0.2, 0.25) is 0 Å². The third-order valence-electron chi connectivity index (χ3n) is 1.44. The molecule has 11 heavy (non-hydrogen) atoms. The van der Waals surface area contributed by atoms with Gasteiger partial charge in [-0.25, -0.2) is 4.31 Å². The molecule has 0 radical (unpaired) electrons. The fraction of sp³-hybridized carbons (Fsp3) is 0.857. The molecule has 0 aliphatic carbocycles. The molecule has 1 aliphatic rings. The summed E-state index contributed by atoms with van der Waals surface area (Å²) in [6.07, 6.45) is 0. The van der Waals surface area contributed by atoms with Crippen molar-refractivity contribution in [1.29, 1.82) is 0 Å². The van der Waals surface area contributed by atoms with Crippen molar-refractivity contribution in [2.75, 3.05) is 26.7 Å². The highest BCUT2D eigenvalue weighted by Crippen LogP contribution is 2.01.